The van der Waals surface area contributed by atoms with Crippen LogP contribution in [0.15, 0.2) is 18.3 Å². The molecule has 0 radical (unpaired) electrons. The molecular formula is C9H3Cl3INS. The van der Waals surface area contributed by atoms with E-state index in [0.29, 0.717) is 13.7 Å². The van der Waals surface area contributed by atoms with Gasteiger partial charge in [-0.15, -0.1) is 11.3 Å². The van der Waals surface area contributed by atoms with E-state index in [1.807, 2.05) is 12.1 Å². The van der Waals surface area contributed by atoms with Crippen molar-refractivity contribution >= 4 is 68.7 Å². The van der Waals surface area contributed by atoms with E-state index >= 15 is 0 Å². The smallest absolute Gasteiger partial charge is 0.119 e. The van der Waals surface area contributed by atoms with Crippen molar-refractivity contribution in [3.8, 4) is 11.1 Å². The van der Waals surface area contributed by atoms with E-state index < -0.39 is 0 Å². The van der Waals surface area contributed by atoms with Crippen LogP contribution in [-0.2, 0) is 0 Å². The first-order chi connectivity index (χ1) is 7.08. The van der Waals surface area contributed by atoms with Gasteiger partial charge in [-0.1, -0.05) is 34.8 Å². The average molecular weight is 390 g/mol. The van der Waals surface area contributed by atoms with Crippen LogP contribution in [-0.4, -0.2) is 4.98 Å². The summed E-state index contributed by atoms with van der Waals surface area (Å²) in [5.74, 6) is 0. The molecule has 0 aliphatic heterocycles. The minimum Gasteiger partial charge on any atom is -0.248 e. The summed E-state index contributed by atoms with van der Waals surface area (Å²) in [6.45, 7) is 0. The Morgan fingerprint density at radius 3 is 2.47 bits per heavy atom. The molecule has 0 aliphatic rings. The second-order valence-corrected chi connectivity index (χ2v) is 6.45. The third kappa shape index (κ3) is 2.58. The highest BCUT2D eigenvalue weighted by molar-refractivity contribution is 14.1. The molecule has 0 bridgehead atoms. The maximum Gasteiger partial charge on any atom is 0.119 e. The SMILES string of the molecule is Clc1cc(-c2cnc(I)c(Cl)c2)c(Cl)s1. The molecule has 0 aliphatic carbocycles. The summed E-state index contributed by atoms with van der Waals surface area (Å²) < 4.78 is 2.08. The maximum absolute atomic E-state index is 6.03. The molecule has 2 aromatic heterocycles. The zero-order valence-corrected chi connectivity index (χ0v) is 12.3. The van der Waals surface area contributed by atoms with E-state index in [-0.39, 0.29) is 0 Å². The van der Waals surface area contributed by atoms with Gasteiger partial charge in [0, 0.05) is 17.3 Å². The number of hydrogen-bond donors (Lipinski definition) is 0. The van der Waals surface area contributed by atoms with Gasteiger partial charge in [-0.3, -0.25) is 0 Å². The second-order valence-electron chi connectivity index (χ2n) is 2.73. The molecular weight excluding hydrogens is 387 g/mol. The molecule has 2 rings (SSSR count). The molecule has 78 valence electrons. The van der Waals surface area contributed by atoms with Crippen molar-refractivity contribution in [3.63, 3.8) is 0 Å². The molecule has 0 unspecified atom stereocenters. The second kappa shape index (κ2) is 4.75. The van der Waals surface area contributed by atoms with Gasteiger partial charge in [0.15, 0.2) is 0 Å². The fourth-order valence-corrected chi connectivity index (χ4v) is 3.07. The molecule has 1 nitrogen and oxygen atoms in total. The number of rotatable bonds is 1. The first-order valence-corrected chi connectivity index (χ1v) is 6.87. The van der Waals surface area contributed by atoms with Gasteiger partial charge in [-0.25, -0.2) is 4.98 Å². The number of thiophene rings is 1. The van der Waals surface area contributed by atoms with E-state index in [1.54, 1.807) is 6.20 Å². The van der Waals surface area contributed by atoms with Crippen LogP contribution in [0.3, 0.4) is 0 Å². The Kier molecular flexibility index (Phi) is 3.78. The van der Waals surface area contributed by atoms with Crippen molar-refractivity contribution in [1.29, 1.82) is 0 Å². The zero-order chi connectivity index (χ0) is 11.0. The van der Waals surface area contributed by atoms with Crippen molar-refractivity contribution in [3.05, 3.63) is 35.7 Å². The molecule has 2 aromatic rings. The third-order valence-corrected chi connectivity index (χ3v) is 4.72. The largest absolute Gasteiger partial charge is 0.248 e. The van der Waals surface area contributed by atoms with Crippen LogP contribution in [0, 0.1) is 3.70 Å². The lowest BCUT2D eigenvalue weighted by Crippen LogP contribution is -1.83. The quantitative estimate of drug-likeness (QED) is 0.471. The molecule has 0 amide bonds. The van der Waals surface area contributed by atoms with Crippen LogP contribution < -0.4 is 0 Å². The van der Waals surface area contributed by atoms with Crippen molar-refractivity contribution in [2.75, 3.05) is 0 Å². The highest BCUT2D eigenvalue weighted by Gasteiger charge is 2.10. The molecule has 2 heterocycles. The van der Waals surface area contributed by atoms with Crippen molar-refractivity contribution < 1.29 is 0 Å². The Morgan fingerprint density at radius 2 is 1.93 bits per heavy atom. The number of nitrogens with zero attached hydrogens (tertiary/aromatic N) is 1. The zero-order valence-electron chi connectivity index (χ0n) is 7.10. The minimum absolute atomic E-state index is 0.617. The Balaban J connectivity index is 2.54. The molecule has 0 fully saturated rings. The molecule has 0 saturated carbocycles. The first kappa shape index (κ1) is 11.9. The molecule has 6 heteroatoms. The minimum atomic E-state index is 0.617. The monoisotopic (exact) mass is 389 g/mol. The topological polar surface area (TPSA) is 12.9 Å². The van der Waals surface area contributed by atoms with Gasteiger partial charge in [-0.2, -0.15) is 0 Å². The van der Waals surface area contributed by atoms with Crippen LogP contribution in [0.25, 0.3) is 11.1 Å². The lowest BCUT2D eigenvalue weighted by Gasteiger charge is -2.00. The number of pyridine rings is 1. The average Bonchev–Trinajstić information content (AvgIpc) is 2.50. The van der Waals surface area contributed by atoms with Gasteiger partial charge in [-0.05, 0) is 34.7 Å². The Bertz CT molecular complexity index is 512. The van der Waals surface area contributed by atoms with E-state index in [2.05, 4.69) is 27.6 Å². The van der Waals surface area contributed by atoms with Gasteiger partial charge in [0.05, 0.1) is 9.36 Å². The van der Waals surface area contributed by atoms with Gasteiger partial charge < -0.3 is 0 Å². The summed E-state index contributed by atoms with van der Waals surface area (Å²) in [7, 11) is 0. The van der Waals surface area contributed by atoms with E-state index in [1.165, 1.54) is 11.3 Å². The van der Waals surface area contributed by atoms with Crippen LogP contribution in [0.1, 0.15) is 0 Å². The van der Waals surface area contributed by atoms with Crippen molar-refractivity contribution in [2.45, 2.75) is 0 Å². The highest BCUT2D eigenvalue weighted by atomic mass is 127. The highest BCUT2D eigenvalue weighted by Crippen LogP contribution is 2.38. The normalized spacial score (nSPS) is 10.7. The molecule has 0 aromatic carbocycles. The van der Waals surface area contributed by atoms with Crippen LogP contribution in [0.2, 0.25) is 13.7 Å². The van der Waals surface area contributed by atoms with Gasteiger partial charge in [0.1, 0.15) is 8.04 Å². The van der Waals surface area contributed by atoms with Crippen LogP contribution in [0.4, 0.5) is 0 Å². The summed E-state index contributed by atoms with van der Waals surface area (Å²) >= 11 is 21.3. The third-order valence-electron chi connectivity index (χ3n) is 1.76. The number of hydrogen-bond acceptors (Lipinski definition) is 2. The summed E-state index contributed by atoms with van der Waals surface area (Å²) in [6.07, 6.45) is 1.73. The molecule has 0 N–H and O–H groups in total. The Labute approximate surface area is 120 Å². The standard InChI is InChI=1S/C9H3Cl3INS/c10-6-1-4(3-14-9(6)13)5-2-7(11)15-8(5)12/h1-3H. The first-order valence-electron chi connectivity index (χ1n) is 3.84. The maximum atomic E-state index is 6.03. The molecule has 15 heavy (non-hydrogen) atoms. The number of aromatic nitrogens is 1. The van der Waals surface area contributed by atoms with E-state index in [4.69, 9.17) is 34.8 Å². The molecule has 0 spiro atoms. The molecule has 0 atom stereocenters. The van der Waals surface area contributed by atoms with Crippen molar-refractivity contribution in [1.82, 2.24) is 4.98 Å². The van der Waals surface area contributed by atoms with Crippen LogP contribution >= 0.6 is 68.7 Å². The predicted molar refractivity (Wildman–Crippen MR) is 75.3 cm³/mol. The van der Waals surface area contributed by atoms with Crippen molar-refractivity contribution in [2.24, 2.45) is 0 Å². The van der Waals surface area contributed by atoms with Gasteiger partial charge in [0.25, 0.3) is 0 Å². The summed E-state index contributed by atoms with van der Waals surface area (Å²) in [4.78, 5) is 4.16. The summed E-state index contributed by atoms with van der Waals surface area (Å²) in [5.41, 5.74) is 1.76. The van der Waals surface area contributed by atoms with E-state index in [0.717, 1.165) is 14.8 Å². The lowest BCUT2D eigenvalue weighted by molar-refractivity contribution is 1.27. The molecule has 0 saturated heterocycles. The van der Waals surface area contributed by atoms with E-state index in [9.17, 15) is 0 Å². The van der Waals surface area contributed by atoms with Gasteiger partial charge >= 0.3 is 0 Å². The summed E-state index contributed by atoms with van der Waals surface area (Å²) in [5, 5.41) is 0.617. The predicted octanol–water partition coefficient (Wildman–Crippen LogP) is 5.37. The number of halogens is 4. The Hall–Kier alpha value is 0.450. The van der Waals surface area contributed by atoms with Gasteiger partial charge in [0.2, 0.25) is 0 Å². The summed E-state index contributed by atoms with van der Waals surface area (Å²) in [6, 6.07) is 3.65. The Morgan fingerprint density at radius 1 is 1.20 bits per heavy atom. The fourth-order valence-electron chi connectivity index (χ4n) is 1.11. The van der Waals surface area contributed by atoms with Crippen LogP contribution in [0.5, 0.6) is 0 Å². The lowest BCUT2D eigenvalue weighted by atomic mass is 10.2. The fraction of sp³-hybridized carbons (Fsp3) is 0.